The number of carbonyl (C=O) groups excluding carboxylic acids is 3. The molecule has 1 aromatic carbocycles. The zero-order chi connectivity index (χ0) is 19.6. The van der Waals surface area contributed by atoms with Crippen molar-refractivity contribution in [2.24, 2.45) is 0 Å². The lowest BCUT2D eigenvalue weighted by molar-refractivity contribution is 0.0962. The number of benzene rings is 1. The maximum Gasteiger partial charge on any atom is 0.409 e. The van der Waals surface area contributed by atoms with Crippen LogP contribution in [0, 0.1) is 5.82 Å². The van der Waals surface area contributed by atoms with Crippen molar-refractivity contribution >= 4 is 34.2 Å². The fraction of sp³-hybridized carbons (Fsp3) is 0.278. The molecule has 3 rings (SSSR count). The summed E-state index contributed by atoms with van der Waals surface area (Å²) in [4.78, 5) is 39.0. The van der Waals surface area contributed by atoms with E-state index in [4.69, 9.17) is 4.74 Å². The Morgan fingerprint density at radius 2 is 1.89 bits per heavy atom. The minimum Gasteiger partial charge on any atom is -0.453 e. The summed E-state index contributed by atoms with van der Waals surface area (Å²) in [6.07, 6.45) is 0.0447. The third kappa shape index (κ3) is 3.77. The second-order valence-electron chi connectivity index (χ2n) is 5.89. The molecule has 0 fully saturated rings. The van der Waals surface area contributed by atoms with Gasteiger partial charge in [0.2, 0.25) is 0 Å². The first kappa shape index (κ1) is 18.8. The molecule has 0 spiro atoms. The molecule has 0 atom stereocenters. The number of nitrogens with zero attached hydrogens (tertiary/aromatic N) is 1. The molecule has 1 aliphatic rings. The number of carbonyl (C=O) groups is 3. The molecule has 3 amide bonds. The Hall–Kier alpha value is -2.94. The average molecular weight is 391 g/mol. The van der Waals surface area contributed by atoms with Gasteiger partial charge < -0.3 is 20.3 Å². The summed E-state index contributed by atoms with van der Waals surface area (Å²) in [6, 6.07) is 5.14. The molecule has 142 valence electrons. The van der Waals surface area contributed by atoms with Gasteiger partial charge in [-0.3, -0.25) is 9.59 Å². The van der Waals surface area contributed by atoms with E-state index in [1.165, 1.54) is 54.7 Å². The zero-order valence-corrected chi connectivity index (χ0v) is 15.6. The molecule has 1 aromatic heterocycles. The fourth-order valence-electron chi connectivity index (χ4n) is 2.92. The molecule has 0 radical (unpaired) electrons. The number of methoxy groups -OCH3 is 1. The van der Waals surface area contributed by atoms with E-state index < -0.39 is 17.8 Å². The van der Waals surface area contributed by atoms with Crippen LogP contribution in [0.3, 0.4) is 0 Å². The van der Waals surface area contributed by atoms with E-state index in [2.05, 4.69) is 10.6 Å². The molecule has 2 N–H and O–H groups in total. The van der Waals surface area contributed by atoms with Crippen LogP contribution in [0.25, 0.3) is 0 Å². The minimum atomic E-state index is -0.441. The topological polar surface area (TPSA) is 87.7 Å². The molecule has 9 heteroatoms. The van der Waals surface area contributed by atoms with Crippen molar-refractivity contribution < 1.29 is 23.5 Å². The predicted octanol–water partition coefficient (Wildman–Crippen LogP) is 2.62. The first-order chi connectivity index (χ1) is 12.9. The number of anilines is 1. The van der Waals surface area contributed by atoms with Crippen LogP contribution in [0.2, 0.25) is 0 Å². The van der Waals surface area contributed by atoms with E-state index in [0.29, 0.717) is 30.1 Å². The Morgan fingerprint density at radius 1 is 1.19 bits per heavy atom. The van der Waals surface area contributed by atoms with Gasteiger partial charge in [-0.1, -0.05) is 0 Å². The van der Waals surface area contributed by atoms with Crippen molar-refractivity contribution in [2.45, 2.75) is 13.0 Å². The van der Waals surface area contributed by atoms with Crippen LogP contribution < -0.4 is 10.6 Å². The van der Waals surface area contributed by atoms with Crippen LogP contribution in [-0.4, -0.2) is 43.5 Å². The Kier molecular flexibility index (Phi) is 5.41. The standard InChI is InChI=1S/C18H18FN3O4S/c1-20-16(24)14-12-7-8-22(18(25)26-2)9-13(12)27-17(14)21-15(23)10-3-5-11(19)6-4-10/h3-6H,7-9H2,1-2H3,(H,20,24)(H,21,23). The number of ether oxygens (including phenoxy) is 1. The monoisotopic (exact) mass is 391 g/mol. The van der Waals surface area contributed by atoms with Gasteiger partial charge in [0.15, 0.2) is 0 Å². The van der Waals surface area contributed by atoms with Gasteiger partial charge in [-0.15, -0.1) is 11.3 Å². The SMILES string of the molecule is CNC(=O)c1c(NC(=O)c2ccc(F)cc2)sc2c1CCN(C(=O)OC)C2. The highest BCUT2D eigenvalue weighted by Gasteiger charge is 2.30. The smallest absolute Gasteiger partial charge is 0.409 e. The van der Waals surface area contributed by atoms with Gasteiger partial charge in [-0.25, -0.2) is 9.18 Å². The summed E-state index contributed by atoms with van der Waals surface area (Å²) in [5, 5.41) is 5.73. The molecular formula is C18H18FN3O4S. The molecule has 1 aliphatic heterocycles. The number of hydrogen-bond donors (Lipinski definition) is 2. The molecule has 2 heterocycles. The maximum absolute atomic E-state index is 13.1. The first-order valence-corrected chi connectivity index (χ1v) is 9.02. The lowest BCUT2D eigenvalue weighted by atomic mass is 10.0. The van der Waals surface area contributed by atoms with Crippen LogP contribution in [0.5, 0.6) is 0 Å². The molecule has 0 aliphatic carbocycles. The molecule has 2 aromatic rings. The Morgan fingerprint density at radius 3 is 2.52 bits per heavy atom. The second kappa shape index (κ2) is 7.75. The first-order valence-electron chi connectivity index (χ1n) is 8.21. The second-order valence-corrected chi connectivity index (χ2v) is 6.99. The molecule has 0 saturated carbocycles. The van der Waals surface area contributed by atoms with E-state index in [1.54, 1.807) is 0 Å². The Labute approximate surface area is 159 Å². The lowest BCUT2D eigenvalue weighted by Gasteiger charge is -2.25. The summed E-state index contributed by atoms with van der Waals surface area (Å²) < 4.78 is 17.8. The van der Waals surface area contributed by atoms with Crippen molar-refractivity contribution in [1.82, 2.24) is 10.2 Å². The summed E-state index contributed by atoms with van der Waals surface area (Å²) in [7, 11) is 2.83. The number of halogens is 1. The molecule has 0 bridgehead atoms. The third-order valence-corrected chi connectivity index (χ3v) is 5.41. The Balaban J connectivity index is 1.92. The van der Waals surface area contributed by atoms with E-state index in [-0.39, 0.29) is 11.5 Å². The van der Waals surface area contributed by atoms with Gasteiger partial charge in [-0.2, -0.15) is 0 Å². The van der Waals surface area contributed by atoms with Crippen molar-refractivity contribution in [2.75, 3.05) is 26.0 Å². The molecule has 7 nitrogen and oxygen atoms in total. The number of hydrogen-bond acceptors (Lipinski definition) is 5. The van der Waals surface area contributed by atoms with Crippen molar-refractivity contribution in [3.05, 3.63) is 51.7 Å². The van der Waals surface area contributed by atoms with Crippen molar-refractivity contribution in [1.29, 1.82) is 0 Å². The number of nitrogens with one attached hydrogen (secondary N) is 2. The highest BCUT2D eigenvalue weighted by molar-refractivity contribution is 7.17. The third-order valence-electron chi connectivity index (χ3n) is 4.28. The van der Waals surface area contributed by atoms with E-state index >= 15 is 0 Å². The highest BCUT2D eigenvalue weighted by atomic mass is 32.1. The largest absolute Gasteiger partial charge is 0.453 e. The van der Waals surface area contributed by atoms with Crippen LogP contribution >= 0.6 is 11.3 Å². The van der Waals surface area contributed by atoms with Crippen molar-refractivity contribution in [3.63, 3.8) is 0 Å². The normalized spacial score (nSPS) is 12.9. The van der Waals surface area contributed by atoms with Crippen LogP contribution in [0.15, 0.2) is 24.3 Å². The van der Waals surface area contributed by atoms with Crippen LogP contribution in [0.4, 0.5) is 14.2 Å². The van der Waals surface area contributed by atoms with Gasteiger partial charge in [-0.05, 0) is 36.2 Å². The zero-order valence-electron chi connectivity index (χ0n) is 14.8. The van der Waals surface area contributed by atoms with Gasteiger partial charge >= 0.3 is 6.09 Å². The number of amides is 3. The summed E-state index contributed by atoms with van der Waals surface area (Å²) in [5.41, 5.74) is 1.49. The van der Waals surface area contributed by atoms with E-state index in [0.717, 1.165) is 10.4 Å². The highest BCUT2D eigenvalue weighted by Crippen LogP contribution is 2.37. The Bertz CT molecular complexity index is 895. The molecular weight excluding hydrogens is 373 g/mol. The number of thiophene rings is 1. The van der Waals surface area contributed by atoms with Crippen LogP contribution in [0.1, 0.15) is 31.2 Å². The summed E-state index contributed by atoms with van der Waals surface area (Å²) >= 11 is 1.25. The lowest BCUT2D eigenvalue weighted by Crippen LogP contribution is -2.35. The van der Waals surface area contributed by atoms with Gasteiger partial charge in [0.1, 0.15) is 10.8 Å². The fourth-order valence-corrected chi connectivity index (χ4v) is 4.17. The van der Waals surface area contributed by atoms with Crippen molar-refractivity contribution in [3.8, 4) is 0 Å². The predicted molar refractivity (Wildman–Crippen MR) is 98.6 cm³/mol. The van der Waals surface area contributed by atoms with Gasteiger partial charge in [0.05, 0.1) is 19.2 Å². The maximum atomic E-state index is 13.1. The number of fused-ring (bicyclic) bond motifs is 1. The summed E-state index contributed by atoms with van der Waals surface area (Å²) in [6.45, 7) is 0.731. The van der Waals surface area contributed by atoms with Gasteiger partial charge in [0, 0.05) is 24.0 Å². The summed E-state index contributed by atoms with van der Waals surface area (Å²) in [5.74, 6) is -1.19. The number of rotatable bonds is 3. The molecule has 27 heavy (non-hydrogen) atoms. The molecule has 0 unspecified atom stereocenters. The van der Waals surface area contributed by atoms with E-state index in [9.17, 15) is 18.8 Å². The molecule has 0 saturated heterocycles. The average Bonchev–Trinajstić information content (AvgIpc) is 3.04. The quantitative estimate of drug-likeness (QED) is 0.842. The minimum absolute atomic E-state index is 0.279. The van der Waals surface area contributed by atoms with E-state index in [1.807, 2.05) is 0 Å². The van der Waals surface area contributed by atoms with Crippen LogP contribution in [-0.2, 0) is 17.7 Å². The van der Waals surface area contributed by atoms with Gasteiger partial charge in [0.25, 0.3) is 11.8 Å².